The second-order valence-electron chi connectivity index (χ2n) is 5.62. The zero-order valence-corrected chi connectivity index (χ0v) is 15.0. The smallest absolute Gasteiger partial charge is 0.244 e. The van der Waals surface area contributed by atoms with E-state index >= 15 is 0 Å². The lowest BCUT2D eigenvalue weighted by Gasteiger charge is -2.22. The highest BCUT2D eigenvalue weighted by Gasteiger charge is 2.13. The van der Waals surface area contributed by atoms with Crippen molar-refractivity contribution >= 4 is 27.9 Å². The van der Waals surface area contributed by atoms with Gasteiger partial charge >= 0.3 is 0 Å². The molecule has 23 heavy (non-hydrogen) atoms. The van der Waals surface area contributed by atoms with Crippen molar-refractivity contribution in [3.8, 4) is 0 Å². The number of rotatable bonds is 6. The minimum atomic E-state index is -0.0966. The Morgan fingerprint density at radius 3 is 2.57 bits per heavy atom. The molecule has 0 saturated heterocycles. The molecule has 0 aliphatic heterocycles. The van der Waals surface area contributed by atoms with E-state index in [9.17, 15) is 4.79 Å². The average Bonchev–Trinajstić information content (AvgIpc) is 2.53. The van der Waals surface area contributed by atoms with E-state index in [1.165, 1.54) is 0 Å². The molecule has 0 saturated carbocycles. The van der Waals surface area contributed by atoms with Crippen molar-refractivity contribution in [3.63, 3.8) is 0 Å². The zero-order chi connectivity index (χ0) is 16.7. The highest BCUT2D eigenvalue weighted by molar-refractivity contribution is 9.10. The zero-order valence-electron chi connectivity index (χ0n) is 13.4. The number of halogens is 1. The van der Waals surface area contributed by atoms with E-state index in [1.54, 1.807) is 6.08 Å². The van der Waals surface area contributed by atoms with E-state index < -0.39 is 0 Å². The molecule has 1 atom stereocenters. The van der Waals surface area contributed by atoms with Crippen LogP contribution in [0.25, 0.3) is 6.08 Å². The van der Waals surface area contributed by atoms with Gasteiger partial charge in [0.2, 0.25) is 5.91 Å². The summed E-state index contributed by atoms with van der Waals surface area (Å²) in [6.45, 7) is 0.750. The summed E-state index contributed by atoms with van der Waals surface area (Å²) < 4.78 is 0.995. The average molecular weight is 373 g/mol. The van der Waals surface area contributed by atoms with E-state index in [1.807, 2.05) is 74.8 Å². The maximum Gasteiger partial charge on any atom is 0.244 e. The van der Waals surface area contributed by atoms with Gasteiger partial charge < -0.3 is 10.2 Å². The summed E-state index contributed by atoms with van der Waals surface area (Å²) in [5, 5.41) is 3.07. The quantitative estimate of drug-likeness (QED) is 0.780. The van der Waals surface area contributed by atoms with E-state index in [2.05, 4.69) is 26.1 Å². The van der Waals surface area contributed by atoms with Crippen LogP contribution in [0.15, 0.2) is 65.1 Å². The molecular formula is C19H21BrN2O. The second kappa shape index (κ2) is 8.65. The van der Waals surface area contributed by atoms with Crippen LogP contribution in [0.1, 0.15) is 17.2 Å². The van der Waals surface area contributed by atoms with Crippen molar-refractivity contribution in [3.05, 3.63) is 76.3 Å². The summed E-state index contributed by atoms with van der Waals surface area (Å²) in [6, 6.07) is 17.8. The lowest BCUT2D eigenvalue weighted by molar-refractivity contribution is -0.117. The van der Waals surface area contributed by atoms with Crippen molar-refractivity contribution in [2.45, 2.75) is 6.04 Å². The topological polar surface area (TPSA) is 32.3 Å². The molecule has 2 rings (SSSR count). The molecule has 0 radical (unpaired) electrons. The Morgan fingerprint density at radius 2 is 1.91 bits per heavy atom. The molecule has 1 amide bonds. The molecule has 0 aliphatic carbocycles. The number of amides is 1. The van der Waals surface area contributed by atoms with Gasteiger partial charge in [-0.25, -0.2) is 0 Å². The number of carbonyl (C=O) groups is 1. The number of nitrogens with zero attached hydrogens (tertiary/aromatic N) is 1. The monoisotopic (exact) mass is 372 g/mol. The summed E-state index contributed by atoms with van der Waals surface area (Å²) in [4.78, 5) is 14.3. The van der Waals surface area contributed by atoms with Gasteiger partial charge in [0, 0.05) is 17.1 Å². The Hall–Kier alpha value is -1.91. The third-order valence-corrected chi connectivity index (χ3v) is 3.84. The number of hydrogen-bond donors (Lipinski definition) is 1. The molecule has 1 N–H and O–H groups in total. The van der Waals surface area contributed by atoms with Crippen LogP contribution in [0.3, 0.4) is 0 Å². The van der Waals surface area contributed by atoms with Crippen LogP contribution >= 0.6 is 15.9 Å². The Morgan fingerprint density at radius 1 is 1.17 bits per heavy atom. The molecule has 3 nitrogen and oxygen atoms in total. The fourth-order valence-electron chi connectivity index (χ4n) is 2.29. The van der Waals surface area contributed by atoms with Gasteiger partial charge in [-0.05, 0) is 43.4 Å². The van der Waals surface area contributed by atoms with Gasteiger partial charge in [0.25, 0.3) is 0 Å². The van der Waals surface area contributed by atoms with Crippen LogP contribution in [0, 0.1) is 0 Å². The molecule has 0 heterocycles. The molecule has 2 aromatic carbocycles. The molecule has 0 aromatic heterocycles. The summed E-state index contributed by atoms with van der Waals surface area (Å²) in [7, 11) is 4.00. The fourth-order valence-corrected chi connectivity index (χ4v) is 2.70. The van der Waals surface area contributed by atoms with E-state index in [0.29, 0.717) is 0 Å². The lowest BCUT2D eigenvalue weighted by atomic mass is 10.1. The first-order chi connectivity index (χ1) is 11.0. The highest BCUT2D eigenvalue weighted by atomic mass is 79.9. The third-order valence-electron chi connectivity index (χ3n) is 3.34. The van der Waals surface area contributed by atoms with Crippen molar-refractivity contribution in [2.75, 3.05) is 20.6 Å². The minimum Gasteiger partial charge on any atom is -0.344 e. The van der Waals surface area contributed by atoms with Gasteiger partial charge in [0.1, 0.15) is 0 Å². The van der Waals surface area contributed by atoms with Crippen LogP contribution in [-0.2, 0) is 4.79 Å². The van der Waals surface area contributed by atoms with E-state index in [-0.39, 0.29) is 11.9 Å². The van der Waals surface area contributed by atoms with Crippen LogP contribution in [0.5, 0.6) is 0 Å². The Bertz CT molecular complexity index is 668. The van der Waals surface area contributed by atoms with Crippen molar-refractivity contribution in [1.82, 2.24) is 10.2 Å². The Kier molecular flexibility index (Phi) is 6.56. The van der Waals surface area contributed by atoms with Gasteiger partial charge in [0.15, 0.2) is 0 Å². The number of benzene rings is 2. The van der Waals surface area contributed by atoms with E-state index in [4.69, 9.17) is 0 Å². The third kappa shape index (κ3) is 6.00. The molecule has 0 aliphatic rings. The molecule has 0 spiro atoms. The standard InChI is InChI=1S/C19H21BrN2O/c1-22(2)14-18(16-8-4-3-5-9-16)21-19(23)12-11-15-7-6-10-17(20)13-15/h3-13,18H,14H2,1-2H3,(H,21,23)/b12-11+/t18-/m0/s1. The number of carbonyl (C=O) groups excluding carboxylic acids is 1. The molecular weight excluding hydrogens is 352 g/mol. The largest absolute Gasteiger partial charge is 0.344 e. The second-order valence-corrected chi connectivity index (χ2v) is 6.54. The maximum atomic E-state index is 12.2. The van der Waals surface area contributed by atoms with Crippen molar-refractivity contribution in [1.29, 1.82) is 0 Å². The van der Waals surface area contributed by atoms with Crippen molar-refractivity contribution < 1.29 is 4.79 Å². The minimum absolute atomic E-state index is 0.0362. The maximum absolute atomic E-state index is 12.2. The SMILES string of the molecule is CN(C)C[C@H](NC(=O)/C=C/c1cccc(Br)c1)c1ccccc1. The number of nitrogens with one attached hydrogen (secondary N) is 1. The summed E-state index contributed by atoms with van der Waals surface area (Å²) in [5.74, 6) is -0.0966. The first-order valence-corrected chi connectivity index (χ1v) is 8.28. The van der Waals surface area contributed by atoms with Gasteiger partial charge in [-0.2, -0.15) is 0 Å². The van der Waals surface area contributed by atoms with Gasteiger partial charge in [-0.15, -0.1) is 0 Å². The first-order valence-electron chi connectivity index (χ1n) is 7.48. The van der Waals surface area contributed by atoms with E-state index in [0.717, 1.165) is 22.1 Å². The van der Waals surface area contributed by atoms with Crippen LogP contribution in [0.2, 0.25) is 0 Å². The molecule has 2 aromatic rings. The summed E-state index contributed by atoms with van der Waals surface area (Å²) >= 11 is 3.43. The lowest BCUT2D eigenvalue weighted by Crippen LogP contribution is -2.34. The molecule has 0 fully saturated rings. The molecule has 4 heteroatoms. The summed E-state index contributed by atoms with van der Waals surface area (Å²) in [6.07, 6.45) is 3.39. The van der Waals surface area contributed by atoms with Crippen LogP contribution in [-0.4, -0.2) is 31.4 Å². The number of likely N-dealkylation sites (N-methyl/N-ethyl adjacent to an activating group) is 1. The fraction of sp³-hybridized carbons (Fsp3) is 0.211. The highest BCUT2D eigenvalue weighted by Crippen LogP contribution is 2.14. The predicted octanol–water partition coefficient (Wildman–Crippen LogP) is 3.88. The van der Waals surface area contributed by atoms with Crippen LogP contribution in [0.4, 0.5) is 0 Å². The number of hydrogen-bond acceptors (Lipinski definition) is 2. The van der Waals surface area contributed by atoms with Crippen LogP contribution < -0.4 is 5.32 Å². The molecule has 120 valence electrons. The Balaban J connectivity index is 2.05. The molecule has 0 bridgehead atoms. The van der Waals surface area contributed by atoms with Gasteiger partial charge in [-0.1, -0.05) is 58.4 Å². The van der Waals surface area contributed by atoms with Gasteiger partial charge in [0.05, 0.1) is 6.04 Å². The van der Waals surface area contributed by atoms with Crippen molar-refractivity contribution in [2.24, 2.45) is 0 Å². The Labute approximate surface area is 146 Å². The summed E-state index contributed by atoms with van der Waals surface area (Å²) in [5.41, 5.74) is 2.09. The van der Waals surface area contributed by atoms with Gasteiger partial charge in [-0.3, -0.25) is 4.79 Å². The predicted molar refractivity (Wildman–Crippen MR) is 99.1 cm³/mol. The molecule has 0 unspecified atom stereocenters. The first kappa shape index (κ1) is 17.4. The normalized spacial score (nSPS) is 12.5.